The van der Waals surface area contributed by atoms with Gasteiger partial charge >= 0.3 is 12.1 Å². The van der Waals surface area contributed by atoms with Crippen molar-refractivity contribution in [3.05, 3.63) is 0 Å². The second kappa shape index (κ2) is 6.75. The summed E-state index contributed by atoms with van der Waals surface area (Å²) in [5, 5.41) is 0. The quantitative estimate of drug-likeness (QED) is 0.762. The van der Waals surface area contributed by atoms with Crippen molar-refractivity contribution >= 4 is 12.1 Å². The lowest BCUT2D eigenvalue weighted by molar-refractivity contribution is -0.143. The van der Waals surface area contributed by atoms with Gasteiger partial charge in [-0.1, -0.05) is 6.92 Å². The van der Waals surface area contributed by atoms with Crippen LogP contribution in [0.1, 0.15) is 40.0 Å². The van der Waals surface area contributed by atoms with Crippen LogP contribution in [0.4, 0.5) is 4.79 Å². The first-order valence-electron chi connectivity index (χ1n) is 6.75. The number of esters is 1. The maximum atomic E-state index is 12.1. The molecule has 0 spiro atoms. The zero-order valence-corrected chi connectivity index (χ0v) is 12.0. The fourth-order valence-corrected chi connectivity index (χ4v) is 1.86. The zero-order valence-electron chi connectivity index (χ0n) is 12.0. The van der Waals surface area contributed by atoms with E-state index in [-0.39, 0.29) is 25.3 Å². The van der Waals surface area contributed by atoms with Gasteiger partial charge in [-0.05, 0) is 33.1 Å². The molecule has 0 aliphatic carbocycles. The average molecular weight is 272 g/mol. The Kier molecular flexibility index (Phi) is 5.60. The van der Waals surface area contributed by atoms with E-state index in [1.807, 2.05) is 20.8 Å². The number of hydrogen-bond acceptors (Lipinski definition) is 5. The number of nitrogens with zero attached hydrogens (tertiary/aromatic N) is 1. The van der Waals surface area contributed by atoms with E-state index < -0.39 is 11.6 Å². The summed E-state index contributed by atoms with van der Waals surface area (Å²) in [6.45, 7) is 6.42. The molecule has 0 saturated carbocycles. The van der Waals surface area contributed by atoms with Gasteiger partial charge in [0.25, 0.3) is 0 Å². The highest BCUT2D eigenvalue weighted by molar-refractivity contribution is 5.71. The van der Waals surface area contributed by atoms with E-state index in [1.165, 1.54) is 0 Å². The minimum atomic E-state index is -0.474. The maximum absolute atomic E-state index is 12.1. The van der Waals surface area contributed by atoms with Crippen LogP contribution in [0.2, 0.25) is 0 Å². The number of hydrogen-bond donors (Lipinski definition) is 1. The van der Waals surface area contributed by atoms with Gasteiger partial charge in [-0.3, -0.25) is 4.79 Å². The Labute approximate surface area is 114 Å². The Hall–Kier alpha value is -1.30. The zero-order chi connectivity index (χ0) is 14.5. The van der Waals surface area contributed by atoms with E-state index in [1.54, 1.807) is 4.90 Å². The summed E-state index contributed by atoms with van der Waals surface area (Å²) in [6.07, 6.45) is 2.13. The molecule has 1 amide bonds. The maximum Gasteiger partial charge on any atom is 0.410 e. The largest absolute Gasteiger partial charge is 0.463 e. The van der Waals surface area contributed by atoms with Crippen LogP contribution in [0.25, 0.3) is 0 Å². The van der Waals surface area contributed by atoms with Gasteiger partial charge in [0.2, 0.25) is 0 Å². The minimum absolute atomic E-state index is 0.101. The lowest BCUT2D eigenvalue weighted by atomic mass is 10.1. The van der Waals surface area contributed by atoms with Gasteiger partial charge in [0, 0.05) is 6.54 Å². The van der Waals surface area contributed by atoms with Crippen molar-refractivity contribution in [2.75, 3.05) is 19.7 Å². The van der Waals surface area contributed by atoms with Gasteiger partial charge in [-0.2, -0.15) is 0 Å². The van der Waals surface area contributed by atoms with Gasteiger partial charge in [0.15, 0.2) is 0 Å². The van der Waals surface area contributed by atoms with Crippen LogP contribution in [0.15, 0.2) is 0 Å². The molecule has 110 valence electrons. The average Bonchev–Trinajstić information content (AvgIpc) is 2.83. The van der Waals surface area contributed by atoms with E-state index in [9.17, 15) is 9.59 Å². The van der Waals surface area contributed by atoms with Crippen molar-refractivity contribution in [2.24, 2.45) is 5.73 Å². The van der Waals surface area contributed by atoms with Crippen molar-refractivity contribution in [3.63, 3.8) is 0 Å². The third kappa shape index (κ3) is 4.70. The van der Waals surface area contributed by atoms with Gasteiger partial charge in [0.1, 0.15) is 12.2 Å². The number of carbonyl (C=O) groups excluding carboxylic acids is 2. The number of carbonyl (C=O) groups is 2. The highest BCUT2D eigenvalue weighted by Gasteiger charge is 2.33. The molecular weight excluding hydrogens is 248 g/mol. The van der Waals surface area contributed by atoms with E-state index in [2.05, 4.69) is 0 Å². The van der Waals surface area contributed by atoms with Gasteiger partial charge in [0.05, 0.1) is 12.6 Å². The van der Waals surface area contributed by atoms with Crippen LogP contribution in [-0.2, 0) is 14.3 Å². The first-order valence-corrected chi connectivity index (χ1v) is 6.75. The van der Waals surface area contributed by atoms with Gasteiger partial charge in [-0.15, -0.1) is 0 Å². The molecule has 1 fully saturated rings. The van der Waals surface area contributed by atoms with Crippen molar-refractivity contribution in [2.45, 2.75) is 51.7 Å². The SMILES string of the molecule is CCC(C)(C)OC(=O)N1CCCC1COC(=O)CN. The monoisotopic (exact) mass is 272 g/mol. The molecule has 1 aliphatic heterocycles. The van der Waals surface area contributed by atoms with Crippen LogP contribution in [0.5, 0.6) is 0 Å². The topological polar surface area (TPSA) is 81.9 Å². The normalized spacial score (nSPS) is 19.4. The molecule has 0 aromatic heterocycles. The lowest BCUT2D eigenvalue weighted by Gasteiger charge is -2.29. The summed E-state index contributed by atoms with van der Waals surface area (Å²) >= 11 is 0. The van der Waals surface area contributed by atoms with Crippen LogP contribution >= 0.6 is 0 Å². The highest BCUT2D eigenvalue weighted by atomic mass is 16.6. The number of amides is 1. The molecule has 1 unspecified atom stereocenters. The molecule has 6 nitrogen and oxygen atoms in total. The molecule has 0 radical (unpaired) electrons. The minimum Gasteiger partial charge on any atom is -0.463 e. The molecule has 1 rings (SSSR count). The molecule has 19 heavy (non-hydrogen) atoms. The molecule has 1 saturated heterocycles. The second-order valence-corrected chi connectivity index (χ2v) is 5.36. The fourth-order valence-electron chi connectivity index (χ4n) is 1.86. The Morgan fingerprint density at radius 1 is 1.42 bits per heavy atom. The molecule has 0 aromatic rings. The molecule has 1 aliphatic rings. The van der Waals surface area contributed by atoms with Crippen LogP contribution in [-0.4, -0.2) is 48.3 Å². The summed E-state index contributed by atoms with van der Waals surface area (Å²) in [5.74, 6) is -0.450. The summed E-state index contributed by atoms with van der Waals surface area (Å²) in [6, 6.07) is -0.101. The third-order valence-electron chi connectivity index (χ3n) is 3.43. The number of nitrogens with two attached hydrogens (primary N) is 1. The van der Waals surface area contributed by atoms with Crippen molar-refractivity contribution in [1.82, 2.24) is 4.90 Å². The Bertz CT molecular complexity index is 331. The standard InChI is InChI=1S/C13H24N2O4/c1-4-13(2,3)19-12(17)15-7-5-6-10(15)9-18-11(16)8-14/h10H,4-9,14H2,1-3H3. The Morgan fingerprint density at radius 2 is 2.11 bits per heavy atom. The smallest absolute Gasteiger partial charge is 0.410 e. The van der Waals surface area contributed by atoms with Crippen molar-refractivity contribution in [1.29, 1.82) is 0 Å². The van der Waals surface area contributed by atoms with Gasteiger partial charge in [-0.25, -0.2) is 4.79 Å². The summed E-state index contributed by atoms with van der Waals surface area (Å²) in [5.41, 5.74) is 4.70. The molecule has 0 bridgehead atoms. The van der Waals surface area contributed by atoms with Crippen molar-refractivity contribution < 1.29 is 19.1 Å². The lowest BCUT2D eigenvalue weighted by Crippen LogP contribution is -2.42. The van der Waals surface area contributed by atoms with E-state index >= 15 is 0 Å². The Morgan fingerprint density at radius 3 is 2.68 bits per heavy atom. The van der Waals surface area contributed by atoms with E-state index in [0.29, 0.717) is 6.54 Å². The number of rotatable bonds is 5. The van der Waals surface area contributed by atoms with E-state index in [0.717, 1.165) is 19.3 Å². The Balaban J connectivity index is 2.51. The molecular formula is C13H24N2O4. The third-order valence-corrected chi connectivity index (χ3v) is 3.43. The van der Waals surface area contributed by atoms with Crippen LogP contribution in [0.3, 0.4) is 0 Å². The highest BCUT2D eigenvalue weighted by Crippen LogP contribution is 2.22. The number of ether oxygens (including phenoxy) is 2. The molecule has 1 heterocycles. The first-order chi connectivity index (χ1) is 8.89. The second-order valence-electron chi connectivity index (χ2n) is 5.36. The summed E-state index contributed by atoms with van der Waals surface area (Å²) < 4.78 is 10.5. The molecule has 6 heteroatoms. The number of likely N-dealkylation sites (tertiary alicyclic amines) is 1. The summed E-state index contributed by atoms with van der Waals surface area (Å²) in [4.78, 5) is 24.8. The first kappa shape index (κ1) is 15.8. The molecule has 2 N–H and O–H groups in total. The van der Waals surface area contributed by atoms with Crippen LogP contribution in [0, 0.1) is 0 Å². The summed E-state index contributed by atoms with van der Waals surface area (Å²) in [7, 11) is 0. The van der Waals surface area contributed by atoms with E-state index in [4.69, 9.17) is 15.2 Å². The van der Waals surface area contributed by atoms with Gasteiger partial charge < -0.3 is 20.1 Å². The van der Waals surface area contributed by atoms with Crippen molar-refractivity contribution in [3.8, 4) is 0 Å². The van der Waals surface area contributed by atoms with Crippen LogP contribution < -0.4 is 5.73 Å². The predicted molar refractivity (Wildman–Crippen MR) is 70.6 cm³/mol. The molecule has 1 atom stereocenters. The predicted octanol–water partition coefficient (Wildman–Crippen LogP) is 1.28. The fraction of sp³-hybridized carbons (Fsp3) is 0.846. The molecule has 0 aromatic carbocycles.